The van der Waals surface area contributed by atoms with E-state index in [1.807, 2.05) is 12.3 Å². The highest BCUT2D eigenvalue weighted by molar-refractivity contribution is 7.15. The normalized spacial score (nSPS) is 21.4. The fourth-order valence-electron chi connectivity index (χ4n) is 3.73. The number of hydrogen-bond donors (Lipinski definition) is 2. The number of dihydropyridines is 1. The second-order valence-electron chi connectivity index (χ2n) is 7.01. The fraction of sp³-hybridized carbons (Fsp3) is 0.182. The van der Waals surface area contributed by atoms with Crippen LogP contribution in [0.1, 0.15) is 38.8 Å². The first kappa shape index (κ1) is 16.3. The molecule has 5 heteroatoms. The van der Waals surface area contributed by atoms with Gasteiger partial charge in [0, 0.05) is 24.1 Å². The molecular formula is C22H19N3OS. The van der Waals surface area contributed by atoms with Crippen LogP contribution < -0.4 is 10.6 Å². The van der Waals surface area contributed by atoms with Gasteiger partial charge >= 0.3 is 0 Å². The van der Waals surface area contributed by atoms with Crippen molar-refractivity contribution < 1.29 is 4.79 Å². The lowest BCUT2D eigenvalue weighted by Gasteiger charge is -2.22. The van der Waals surface area contributed by atoms with Crippen molar-refractivity contribution in [2.45, 2.75) is 18.9 Å². The van der Waals surface area contributed by atoms with Crippen molar-refractivity contribution in [3.05, 3.63) is 82.0 Å². The minimum Gasteiger partial charge on any atom is -0.385 e. The molecule has 0 radical (unpaired) electrons. The fourth-order valence-corrected chi connectivity index (χ4v) is 4.78. The van der Waals surface area contributed by atoms with E-state index in [1.54, 1.807) is 0 Å². The molecule has 3 heterocycles. The number of rotatable bonds is 2. The largest absolute Gasteiger partial charge is 0.385 e. The molecule has 2 aromatic carbocycles. The third kappa shape index (κ3) is 2.84. The molecular weight excluding hydrogens is 354 g/mol. The van der Waals surface area contributed by atoms with Crippen molar-refractivity contribution >= 4 is 33.6 Å². The Hall–Kier alpha value is -2.92. The molecule has 0 aliphatic carbocycles. The lowest BCUT2D eigenvalue weighted by molar-refractivity contribution is 0.0946. The molecule has 3 aromatic rings. The van der Waals surface area contributed by atoms with Crippen LogP contribution in [0.15, 0.2) is 60.8 Å². The van der Waals surface area contributed by atoms with Gasteiger partial charge < -0.3 is 10.6 Å². The summed E-state index contributed by atoms with van der Waals surface area (Å²) in [6, 6.07) is 15.1. The second-order valence-corrected chi connectivity index (χ2v) is 8.01. The highest BCUT2D eigenvalue weighted by Gasteiger charge is 2.31. The van der Waals surface area contributed by atoms with Gasteiger partial charge in [-0.2, -0.15) is 0 Å². The molecule has 2 atom stereocenters. The summed E-state index contributed by atoms with van der Waals surface area (Å²) >= 11 is 1.48. The van der Waals surface area contributed by atoms with Crippen LogP contribution in [0.5, 0.6) is 0 Å². The molecule has 134 valence electrons. The van der Waals surface area contributed by atoms with Gasteiger partial charge in [0.25, 0.3) is 5.91 Å². The van der Waals surface area contributed by atoms with Crippen LogP contribution in [0, 0.1) is 0 Å². The number of hydrogen-bond acceptors (Lipinski definition) is 4. The number of thiazole rings is 1. The molecule has 0 spiro atoms. The first-order valence-electron chi connectivity index (χ1n) is 9.11. The number of allylic oxidation sites excluding steroid dienone is 2. The summed E-state index contributed by atoms with van der Waals surface area (Å²) < 4.78 is 0. The number of aromatic nitrogens is 1. The molecule has 2 aliphatic rings. The Bertz CT molecular complexity index is 1110. The summed E-state index contributed by atoms with van der Waals surface area (Å²) in [5, 5.41) is 9.63. The topological polar surface area (TPSA) is 54.0 Å². The number of carbonyl (C=O) groups is 1. The number of carbonyl (C=O) groups excluding carboxylic acids is 1. The van der Waals surface area contributed by atoms with Gasteiger partial charge in [-0.1, -0.05) is 48.5 Å². The molecule has 0 saturated carbocycles. The maximum absolute atomic E-state index is 12.4. The SMILES string of the molecule is CC1C=C(c2nc3c(s2)C(=O)NCC3c2ccc3ccccc3c2)C=CN1. The Morgan fingerprint density at radius 2 is 2.00 bits per heavy atom. The van der Waals surface area contributed by atoms with Crippen molar-refractivity contribution in [1.29, 1.82) is 0 Å². The first-order valence-corrected chi connectivity index (χ1v) is 9.93. The lowest BCUT2D eigenvalue weighted by Crippen LogP contribution is -2.34. The van der Waals surface area contributed by atoms with Crippen molar-refractivity contribution in [2.24, 2.45) is 0 Å². The molecule has 5 rings (SSSR count). The predicted molar refractivity (Wildman–Crippen MR) is 110 cm³/mol. The van der Waals surface area contributed by atoms with Crippen LogP contribution in [0.25, 0.3) is 16.3 Å². The first-order chi connectivity index (χ1) is 13.2. The lowest BCUT2D eigenvalue weighted by atomic mass is 9.91. The van der Waals surface area contributed by atoms with Gasteiger partial charge in [-0.3, -0.25) is 4.79 Å². The zero-order valence-corrected chi connectivity index (χ0v) is 15.7. The van der Waals surface area contributed by atoms with Crippen LogP contribution in [-0.2, 0) is 0 Å². The average Bonchev–Trinajstić information content (AvgIpc) is 3.14. The summed E-state index contributed by atoms with van der Waals surface area (Å²) in [5.74, 6) is 0.0633. The highest BCUT2D eigenvalue weighted by atomic mass is 32.1. The van der Waals surface area contributed by atoms with E-state index in [-0.39, 0.29) is 17.9 Å². The summed E-state index contributed by atoms with van der Waals surface area (Å²) in [5.41, 5.74) is 3.16. The number of nitrogens with one attached hydrogen (secondary N) is 2. The molecule has 0 saturated heterocycles. The molecule has 4 nitrogen and oxygen atoms in total. The van der Waals surface area contributed by atoms with Crippen LogP contribution in [0.3, 0.4) is 0 Å². The van der Waals surface area contributed by atoms with Gasteiger partial charge in [0.1, 0.15) is 9.88 Å². The molecule has 2 unspecified atom stereocenters. The third-order valence-corrected chi connectivity index (χ3v) is 6.25. The van der Waals surface area contributed by atoms with E-state index in [9.17, 15) is 4.79 Å². The summed E-state index contributed by atoms with van der Waals surface area (Å²) in [7, 11) is 0. The van der Waals surface area contributed by atoms with E-state index in [0.29, 0.717) is 6.54 Å². The molecule has 0 fully saturated rings. The Labute approximate surface area is 161 Å². The Morgan fingerprint density at radius 3 is 2.85 bits per heavy atom. The summed E-state index contributed by atoms with van der Waals surface area (Å²) in [6.07, 6.45) is 6.11. The van der Waals surface area contributed by atoms with Crippen LogP contribution in [0.2, 0.25) is 0 Å². The Kier molecular flexibility index (Phi) is 3.83. The van der Waals surface area contributed by atoms with Gasteiger partial charge in [0.15, 0.2) is 0 Å². The van der Waals surface area contributed by atoms with E-state index in [1.165, 1.54) is 27.7 Å². The maximum atomic E-state index is 12.4. The molecule has 2 N–H and O–H groups in total. The van der Waals surface area contributed by atoms with Gasteiger partial charge in [-0.05, 0) is 35.5 Å². The zero-order chi connectivity index (χ0) is 18.4. The maximum Gasteiger partial charge on any atom is 0.263 e. The van der Waals surface area contributed by atoms with Crippen molar-refractivity contribution in [2.75, 3.05) is 6.54 Å². The quantitative estimate of drug-likeness (QED) is 0.712. The van der Waals surface area contributed by atoms with E-state index in [0.717, 1.165) is 21.2 Å². The predicted octanol–water partition coefficient (Wildman–Crippen LogP) is 4.06. The minimum atomic E-state index is -0.0163. The van der Waals surface area contributed by atoms with E-state index >= 15 is 0 Å². The summed E-state index contributed by atoms with van der Waals surface area (Å²) in [6.45, 7) is 2.68. The second kappa shape index (κ2) is 6.35. The third-order valence-electron chi connectivity index (χ3n) is 5.13. The van der Waals surface area contributed by atoms with Crippen LogP contribution >= 0.6 is 11.3 Å². The number of amides is 1. The van der Waals surface area contributed by atoms with Crippen molar-refractivity contribution in [1.82, 2.24) is 15.6 Å². The van der Waals surface area contributed by atoms with E-state index in [4.69, 9.17) is 4.98 Å². The van der Waals surface area contributed by atoms with E-state index < -0.39 is 0 Å². The van der Waals surface area contributed by atoms with Gasteiger partial charge in [-0.25, -0.2) is 4.98 Å². The summed E-state index contributed by atoms with van der Waals surface area (Å²) in [4.78, 5) is 18.1. The van der Waals surface area contributed by atoms with Gasteiger partial charge in [0.2, 0.25) is 0 Å². The molecule has 2 aliphatic heterocycles. The van der Waals surface area contributed by atoms with Crippen LogP contribution in [-0.4, -0.2) is 23.5 Å². The molecule has 27 heavy (non-hydrogen) atoms. The smallest absolute Gasteiger partial charge is 0.263 e. The van der Waals surface area contributed by atoms with Crippen molar-refractivity contribution in [3.8, 4) is 0 Å². The Morgan fingerprint density at radius 1 is 1.15 bits per heavy atom. The van der Waals surface area contributed by atoms with Gasteiger partial charge in [-0.15, -0.1) is 11.3 Å². The number of benzene rings is 2. The van der Waals surface area contributed by atoms with Crippen molar-refractivity contribution in [3.63, 3.8) is 0 Å². The Balaban J connectivity index is 1.59. The van der Waals surface area contributed by atoms with E-state index in [2.05, 4.69) is 66.1 Å². The van der Waals surface area contributed by atoms with Gasteiger partial charge in [0.05, 0.1) is 5.69 Å². The highest BCUT2D eigenvalue weighted by Crippen LogP contribution is 2.36. The zero-order valence-electron chi connectivity index (χ0n) is 14.9. The molecule has 1 aromatic heterocycles. The average molecular weight is 373 g/mol. The monoisotopic (exact) mass is 373 g/mol. The minimum absolute atomic E-state index is 0.0163. The standard InChI is InChI=1S/C22H19N3OS/c1-13-10-17(8-9-23-13)22-25-19-18(12-24-21(26)20(19)27-22)16-7-6-14-4-2-3-5-15(14)11-16/h2-11,13,18,23H,12H2,1H3,(H,24,26). The van der Waals surface area contributed by atoms with Crippen LogP contribution in [0.4, 0.5) is 0 Å². The molecule has 0 bridgehead atoms. The number of nitrogens with zero attached hydrogens (tertiary/aromatic N) is 1. The number of fused-ring (bicyclic) bond motifs is 2. The molecule has 1 amide bonds.